The van der Waals surface area contributed by atoms with E-state index in [0.717, 1.165) is 21.5 Å². The van der Waals surface area contributed by atoms with Crippen molar-refractivity contribution < 1.29 is 17.7 Å². The van der Waals surface area contributed by atoms with Crippen molar-refractivity contribution in [1.82, 2.24) is 0 Å². The summed E-state index contributed by atoms with van der Waals surface area (Å²) >= 11 is 0. The Bertz CT molecular complexity index is 1120. The summed E-state index contributed by atoms with van der Waals surface area (Å²) in [6.45, 7) is 1.89. The van der Waals surface area contributed by atoms with Gasteiger partial charge in [0, 0.05) is 12.1 Å². The number of hydrogen-bond acceptors (Lipinski definition) is 4. The lowest BCUT2D eigenvalue weighted by atomic mass is 10.1. The quantitative estimate of drug-likeness (QED) is 0.453. The molecule has 0 aromatic heterocycles. The molecular formula is C20H17FN2O4S. The minimum absolute atomic E-state index is 0.00165. The van der Waals surface area contributed by atoms with Crippen LogP contribution in [0.2, 0.25) is 0 Å². The molecule has 0 radical (unpaired) electrons. The molecule has 0 heterocycles. The molecule has 8 heteroatoms. The average molecular weight is 400 g/mol. The number of rotatable bonds is 6. The van der Waals surface area contributed by atoms with E-state index in [4.69, 9.17) is 0 Å². The van der Waals surface area contributed by atoms with Crippen LogP contribution in [-0.4, -0.2) is 13.3 Å². The maximum atomic E-state index is 13.3. The van der Waals surface area contributed by atoms with Crippen molar-refractivity contribution in [2.75, 3.05) is 4.31 Å². The second-order valence-electron chi connectivity index (χ2n) is 6.23. The van der Waals surface area contributed by atoms with E-state index >= 15 is 0 Å². The molecule has 0 bridgehead atoms. The molecule has 144 valence electrons. The van der Waals surface area contributed by atoms with Gasteiger partial charge in [0.25, 0.3) is 15.7 Å². The zero-order valence-corrected chi connectivity index (χ0v) is 15.8. The Kier molecular flexibility index (Phi) is 5.41. The first kappa shape index (κ1) is 19.5. The van der Waals surface area contributed by atoms with E-state index < -0.39 is 20.8 Å². The highest BCUT2D eigenvalue weighted by atomic mass is 32.2. The van der Waals surface area contributed by atoms with Crippen LogP contribution in [0, 0.1) is 22.9 Å². The number of non-ortho nitro benzene ring substituents is 1. The fraction of sp³-hybridized carbons (Fsp3) is 0.100. The molecule has 0 saturated heterocycles. The number of sulfonamides is 1. The largest absolute Gasteiger partial charge is 0.270 e. The van der Waals surface area contributed by atoms with Crippen LogP contribution in [0.15, 0.2) is 77.7 Å². The number of hydrogen-bond donors (Lipinski definition) is 0. The molecule has 3 aromatic rings. The summed E-state index contributed by atoms with van der Waals surface area (Å²) in [5.41, 5.74) is 1.63. The van der Waals surface area contributed by atoms with E-state index in [1.54, 1.807) is 6.07 Å². The first-order chi connectivity index (χ1) is 13.3. The van der Waals surface area contributed by atoms with E-state index in [-0.39, 0.29) is 22.8 Å². The van der Waals surface area contributed by atoms with Gasteiger partial charge in [0.15, 0.2) is 0 Å². The Hall–Kier alpha value is -3.26. The minimum Gasteiger partial charge on any atom is -0.262 e. The third-order valence-corrected chi connectivity index (χ3v) is 5.91. The zero-order valence-electron chi connectivity index (χ0n) is 14.9. The normalized spacial score (nSPS) is 11.2. The fourth-order valence-electron chi connectivity index (χ4n) is 2.78. The van der Waals surface area contributed by atoms with E-state index in [9.17, 15) is 22.9 Å². The molecule has 0 aliphatic carbocycles. The van der Waals surface area contributed by atoms with Crippen molar-refractivity contribution in [2.24, 2.45) is 0 Å². The van der Waals surface area contributed by atoms with Gasteiger partial charge in [0.2, 0.25) is 0 Å². The number of nitro benzene ring substituents is 1. The lowest BCUT2D eigenvalue weighted by Gasteiger charge is -2.25. The molecule has 3 rings (SSSR count). The molecule has 6 nitrogen and oxygen atoms in total. The highest BCUT2D eigenvalue weighted by molar-refractivity contribution is 7.92. The van der Waals surface area contributed by atoms with Gasteiger partial charge in [-0.05, 0) is 42.8 Å². The number of aryl methyl sites for hydroxylation is 1. The van der Waals surface area contributed by atoms with Crippen molar-refractivity contribution in [3.05, 3.63) is 99.9 Å². The SMILES string of the molecule is Cc1cccc(CN(c2ccc(F)cc2)S(=O)(=O)c2cccc([N+](=O)[O-])c2)c1. The van der Waals surface area contributed by atoms with Gasteiger partial charge in [-0.1, -0.05) is 35.9 Å². The van der Waals surface area contributed by atoms with Gasteiger partial charge >= 0.3 is 0 Å². The predicted octanol–water partition coefficient (Wildman–Crippen LogP) is 4.44. The Morgan fingerprint density at radius 2 is 1.68 bits per heavy atom. The number of nitro groups is 1. The molecule has 0 atom stereocenters. The summed E-state index contributed by atoms with van der Waals surface area (Å²) in [5, 5.41) is 11.0. The highest BCUT2D eigenvalue weighted by Crippen LogP contribution is 2.28. The molecule has 0 N–H and O–H groups in total. The van der Waals surface area contributed by atoms with Gasteiger partial charge in [-0.3, -0.25) is 14.4 Å². The van der Waals surface area contributed by atoms with Crippen molar-refractivity contribution in [3.63, 3.8) is 0 Å². The molecular weight excluding hydrogens is 383 g/mol. The van der Waals surface area contributed by atoms with Crippen LogP contribution in [0.1, 0.15) is 11.1 Å². The minimum atomic E-state index is -4.13. The third kappa shape index (κ3) is 4.17. The number of anilines is 1. The Morgan fingerprint density at radius 1 is 1.00 bits per heavy atom. The summed E-state index contributed by atoms with van der Waals surface area (Å²) in [6, 6.07) is 17.3. The first-order valence-electron chi connectivity index (χ1n) is 8.36. The molecule has 0 unspecified atom stereocenters. The molecule has 0 aliphatic heterocycles. The highest BCUT2D eigenvalue weighted by Gasteiger charge is 2.27. The summed E-state index contributed by atoms with van der Waals surface area (Å²) in [6.07, 6.45) is 0. The Labute approximate surface area is 162 Å². The molecule has 0 spiro atoms. The van der Waals surface area contributed by atoms with Crippen LogP contribution >= 0.6 is 0 Å². The van der Waals surface area contributed by atoms with Gasteiger partial charge in [-0.15, -0.1) is 0 Å². The van der Waals surface area contributed by atoms with Crippen LogP contribution in [0.4, 0.5) is 15.8 Å². The van der Waals surface area contributed by atoms with Gasteiger partial charge < -0.3 is 0 Å². The monoisotopic (exact) mass is 400 g/mol. The van der Waals surface area contributed by atoms with Gasteiger partial charge in [0.1, 0.15) is 5.82 Å². The smallest absolute Gasteiger partial charge is 0.262 e. The van der Waals surface area contributed by atoms with Crippen LogP contribution in [-0.2, 0) is 16.6 Å². The molecule has 0 amide bonds. The zero-order chi connectivity index (χ0) is 20.3. The predicted molar refractivity (Wildman–Crippen MR) is 104 cm³/mol. The summed E-state index contributed by atoms with van der Waals surface area (Å²) in [4.78, 5) is 10.2. The topological polar surface area (TPSA) is 80.5 Å². The van der Waals surface area contributed by atoms with E-state index in [1.165, 1.54) is 42.5 Å². The maximum Gasteiger partial charge on any atom is 0.270 e. The molecule has 3 aromatic carbocycles. The van der Waals surface area contributed by atoms with Crippen molar-refractivity contribution in [2.45, 2.75) is 18.4 Å². The molecule has 0 saturated carbocycles. The van der Waals surface area contributed by atoms with E-state index in [0.29, 0.717) is 0 Å². The lowest BCUT2D eigenvalue weighted by Crippen LogP contribution is -2.30. The summed E-state index contributed by atoms with van der Waals surface area (Å²) in [5.74, 6) is -0.494. The molecule has 28 heavy (non-hydrogen) atoms. The van der Waals surface area contributed by atoms with Gasteiger partial charge in [-0.25, -0.2) is 12.8 Å². The summed E-state index contributed by atoms with van der Waals surface area (Å²) in [7, 11) is -4.13. The van der Waals surface area contributed by atoms with E-state index in [2.05, 4.69) is 0 Å². The first-order valence-corrected chi connectivity index (χ1v) is 9.80. The van der Waals surface area contributed by atoms with Crippen molar-refractivity contribution in [3.8, 4) is 0 Å². The standard InChI is InChI=1S/C20H17FN2O4S/c1-15-4-2-5-16(12-15)14-22(18-10-8-17(21)9-11-18)28(26,27)20-7-3-6-19(13-20)23(24)25/h2-13H,14H2,1H3. The molecule has 0 aliphatic rings. The molecule has 0 fully saturated rings. The number of nitrogens with zero attached hydrogens (tertiary/aromatic N) is 2. The van der Waals surface area contributed by atoms with Gasteiger partial charge in [-0.2, -0.15) is 0 Å². The number of halogens is 1. The number of benzene rings is 3. The van der Waals surface area contributed by atoms with Crippen molar-refractivity contribution in [1.29, 1.82) is 0 Å². The second kappa shape index (κ2) is 7.77. The van der Waals surface area contributed by atoms with Crippen molar-refractivity contribution >= 4 is 21.4 Å². The average Bonchev–Trinajstić information content (AvgIpc) is 2.67. The van der Waals surface area contributed by atoms with Crippen LogP contribution < -0.4 is 4.31 Å². The Morgan fingerprint density at radius 3 is 2.32 bits per heavy atom. The second-order valence-corrected chi connectivity index (χ2v) is 8.09. The fourth-order valence-corrected chi connectivity index (χ4v) is 4.28. The third-order valence-electron chi connectivity index (χ3n) is 4.14. The maximum absolute atomic E-state index is 13.3. The van der Waals surface area contributed by atoms with Crippen LogP contribution in [0.3, 0.4) is 0 Å². The van der Waals surface area contributed by atoms with E-state index in [1.807, 2.05) is 25.1 Å². The Balaban J connectivity index is 2.10. The lowest BCUT2D eigenvalue weighted by molar-refractivity contribution is -0.385. The van der Waals surface area contributed by atoms with Gasteiger partial charge in [0.05, 0.1) is 22.1 Å². The van der Waals surface area contributed by atoms with Crippen LogP contribution in [0.25, 0.3) is 0 Å². The summed E-state index contributed by atoms with van der Waals surface area (Å²) < 4.78 is 41.0. The van der Waals surface area contributed by atoms with Crippen LogP contribution in [0.5, 0.6) is 0 Å².